The number of ether oxygens (including phenoxy) is 1. The summed E-state index contributed by atoms with van der Waals surface area (Å²) in [6.07, 6.45) is 2.20. The number of aliphatic hydroxyl groups excluding tert-OH is 1. The minimum absolute atomic E-state index is 0.0727. The molecule has 0 heterocycles. The third-order valence-corrected chi connectivity index (χ3v) is 2.86. The van der Waals surface area contributed by atoms with Crippen LogP contribution in [0.15, 0.2) is 18.2 Å². The van der Waals surface area contributed by atoms with Crippen LogP contribution in [0.5, 0.6) is 5.75 Å². The van der Waals surface area contributed by atoms with Gasteiger partial charge in [0.25, 0.3) is 0 Å². The lowest BCUT2D eigenvalue weighted by atomic mass is 10.2. The van der Waals surface area contributed by atoms with E-state index in [9.17, 15) is 5.11 Å². The van der Waals surface area contributed by atoms with Gasteiger partial charge in [-0.1, -0.05) is 11.6 Å². The molecule has 0 unspecified atom stereocenters. The number of hydrogen-bond donors (Lipinski definition) is 2. The molecule has 1 aliphatic carbocycles. The summed E-state index contributed by atoms with van der Waals surface area (Å²) in [6.45, 7) is 0. The van der Waals surface area contributed by atoms with Gasteiger partial charge in [-0.2, -0.15) is 0 Å². The average molecular weight is 228 g/mol. The minimum Gasteiger partial charge on any atom is -0.488 e. The van der Waals surface area contributed by atoms with Crippen LogP contribution in [0.2, 0.25) is 5.02 Å². The van der Waals surface area contributed by atoms with E-state index in [0.29, 0.717) is 22.9 Å². The molecule has 2 atom stereocenters. The third-order valence-electron chi connectivity index (χ3n) is 2.62. The number of benzene rings is 1. The first-order valence-corrected chi connectivity index (χ1v) is 5.42. The molecule has 1 aromatic rings. The van der Waals surface area contributed by atoms with Gasteiger partial charge in [0, 0.05) is 11.4 Å². The second-order valence-electron chi connectivity index (χ2n) is 3.89. The van der Waals surface area contributed by atoms with E-state index in [1.54, 1.807) is 18.2 Å². The zero-order valence-corrected chi connectivity index (χ0v) is 9.07. The van der Waals surface area contributed by atoms with E-state index in [2.05, 4.69) is 0 Å². The molecular weight excluding hydrogens is 214 g/mol. The van der Waals surface area contributed by atoms with Crippen LogP contribution in [0.3, 0.4) is 0 Å². The molecule has 1 fully saturated rings. The normalized spacial score (nSPS) is 25.5. The molecule has 0 radical (unpaired) electrons. The molecule has 3 nitrogen and oxygen atoms in total. The highest BCUT2D eigenvalue weighted by Crippen LogP contribution is 2.30. The van der Waals surface area contributed by atoms with Crippen LogP contribution in [-0.4, -0.2) is 17.3 Å². The van der Waals surface area contributed by atoms with Gasteiger partial charge in [-0.05, 0) is 31.0 Å². The second kappa shape index (κ2) is 4.29. The van der Waals surface area contributed by atoms with Crippen molar-refractivity contribution < 1.29 is 9.84 Å². The van der Waals surface area contributed by atoms with Crippen molar-refractivity contribution in [1.29, 1.82) is 0 Å². The average Bonchev–Trinajstić information content (AvgIpc) is 2.56. The van der Waals surface area contributed by atoms with Crippen molar-refractivity contribution in [1.82, 2.24) is 0 Å². The molecule has 0 bridgehead atoms. The Labute approximate surface area is 93.8 Å². The number of rotatable bonds is 2. The Morgan fingerprint density at radius 2 is 2.20 bits per heavy atom. The van der Waals surface area contributed by atoms with Gasteiger partial charge >= 0.3 is 0 Å². The van der Waals surface area contributed by atoms with Crippen LogP contribution in [0, 0.1) is 0 Å². The summed E-state index contributed by atoms with van der Waals surface area (Å²) in [5, 5.41) is 9.96. The van der Waals surface area contributed by atoms with Crippen LogP contribution in [-0.2, 0) is 0 Å². The topological polar surface area (TPSA) is 55.5 Å². The fourth-order valence-corrected chi connectivity index (χ4v) is 2.01. The monoisotopic (exact) mass is 227 g/mol. The summed E-state index contributed by atoms with van der Waals surface area (Å²) in [6, 6.07) is 5.18. The van der Waals surface area contributed by atoms with Crippen LogP contribution in [0.4, 0.5) is 5.69 Å². The van der Waals surface area contributed by atoms with Gasteiger partial charge in [0.05, 0.1) is 11.8 Å². The van der Waals surface area contributed by atoms with E-state index in [-0.39, 0.29) is 12.2 Å². The van der Waals surface area contributed by atoms with E-state index in [4.69, 9.17) is 22.1 Å². The van der Waals surface area contributed by atoms with Crippen LogP contribution in [0.1, 0.15) is 19.3 Å². The molecule has 1 saturated carbocycles. The van der Waals surface area contributed by atoms with Gasteiger partial charge in [0.2, 0.25) is 0 Å². The first-order chi connectivity index (χ1) is 7.15. The maximum Gasteiger partial charge on any atom is 0.142 e. The predicted octanol–water partition coefficient (Wildman–Crippen LogP) is 2.21. The molecule has 0 aliphatic heterocycles. The largest absolute Gasteiger partial charge is 0.488 e. The molecule has 15 heavy (non-hydrogen) atoms. The molecule has 82 valence electrons. The van der Waals surface area contributed by atoms with Gasteiger partial charge in [-0.25, -0.2) is 0 Å². The number of aliphatic hydroxyl groups is 1. The molecule has 2 rings (SSSR count). The molecule has 4 heteroatoms. The summed E-state index contributed by atoms with van der Waals surface area (Å²) >= 11 is 5.78. The Hall–Kier alpha value is -0.930. The van der Waals surface area contributed by atoms with Crippen molar-refractivity contribution in [2.75, 3.05) is 5.73 Å². The van der Waals surface area contributed by atoms with E-state index < -0.39 is 0 Å². The standard InChI is InChI=1S/C11H14ClNO2/c12-7-1-4-11(10(13)5-7)15-9-3-2-8(14)6-9/h1,4-5,8-9,14H,2-3,6,13H2/t8-,9+/m1/s1. The number of halogens is 1. The highest BCUT2D eigenvalue weighted by molar-refractivity contribution is 6.30. The zero-order chi connectivity index (χ0) is 10.8. The molecular formula is C11H14ClNO2. The van der Waals surface area contributed by atoms with Gasteiger partial charge in [-0.15, -0.1) is 0 Å². The Kier molecular flexibility index (Phi) is 3.03. The van der Waals surface area contributed by atoms with Crippen molar-refractivity contribution in [3.05, 3.63) is 23.2 Å². The van der Waals surface area contributed by atoms with E-state index in [0.717, 1.165) is 12.8 Å². The zero-order valence-electron chi connectivity index (χ0n) is 8.32. The van der Waals surface area contributed by atoms with Crippen molar-refractivity contribution >= 4 is 17.3 Å². The van der Waals surface area contributed by atoms with Crippen LogP contribution >= 0.6 is 11.6 Å². The fraction of sp³-hybridized carbons (Fsp3) is 0.455. The predicted molar refractivity (Wildman–Crippen MR) is 60.1 cm³/mol. The number of nitrogen functional groups attached to an aromatic ring is 1. The molecule has 1 aromatic carbocycles. The third kappa shape index (κ3) is 2.55. The Bertz CT molecular complexity index is 356. The minimum atomic E-state index is -0.233. The Morgan fingerprint density at radius 1 is 1.40 bits per heavy atom. The van der Waals surface area contributed by atoms with Gasteiger partial charge < -0.3 is 15.6 Å². The number of anilines is 1. The first-order valence-electron chi connectivity index (χ1n) is 5.05. The van der Waals surface area contributed by atoms with Crippen LogP contribution in [0.25, 0.3) is 0 Å². The summed E-state index contributed by atoms with van der Waals surface area (Å²) in [7, 11) is 0. The van der Waals surface area contributed by atoms with Crippen molar-refractivity contribution in [2.45, 2.75) is 31.5 Å². The molecule has 0 saturated heterocycles. The van der Waals surface area contributed by atoms with Crippen molar-refractivity contribution in [3.63, 3.8) is 0 Å². The summed E-state index contributed by atoms with van der Waals surface area (Å²) < 4.78 is 5.69. The molecule has 0 amide bonds. The highest BCUT2D eigenvalue weighted by atomic mass is 35.5. The Morgan fingerprint density at radius 3 is 2.80 bits per heavy atom. The second-order valence-corrected chi connectivity index (χ2v) is 4.33. The highest BCUT2D eigenvalue weighted by Gasteiger charge is 2.24. The van der Waals surface area contributed by atoms with Crippen molar-refractivity contribution in [3.8, 4) is 5.75 Å². The lowest BCUT2D eigenvalue weighted by molar-refractivity contribution is 0.150. The van der Waals surface area contributed by atoms with Gasteiger partial charge in [0.15, 0.2) is 0 Å². The maximum atomic E-state index is 9.36. The molecule has 0 spiro atoms. The SMILES string of the molecule is Nc1cc(Cl)ccc1O[C@H]1CC[C@@H](O)C1. The number of nitrogens with two attached hydrogens (primary N) is 1. The summed E-state index contributed by atoms with van der Waals surface area (Å²) in [5.41, 5.74) is 6.31. The van der Waals surface area contributed by atoms with Crippen molar-refractivity contribution in [2.24, 2.45) is 0 Å². The number of hydrogen-bond acceptors (Lipinski definition) is 3. The lowest BCUT2D eigenvalue weighted by Crippen LogP contribution is -2.14. The molecule has 0 aromatic heterocycles. The molecule has 1 aliphatic rings. The first kappa shape index (κ1) is 10.6. The van der Waals surface area contributed by atoms with Gasteiger partial charge in [0.1, 0.15) is 11.9 Å². The van der Waals surface area contributed by atoms with E-state index in [1.807, 2.05) is 0 Å². The smallest absolute Gasteiger partial charge is 0.142 e. The van der Waals surface area contributed by atoms with E-state index >= 15 is 0 Å². The maximum absolute atomic E-state index is 9.36. The van der Waals surface area contributed by atoms with E-state index in [1.165, 1.54) is 0 Å². The summed E-state index contributed by atoms with van der Waals surface area (Å²) in [5.74, 6) is 0.651. The van der Waals surface area contributed by atoms with Gasteiger partial charge in [-0.3, -0.25) is 0 Å². The lowest BCUT2D eigenvalue weighted by Gasteiger charge is -2.14. The quantitative estimate of drug-likeness (QED) is 0.762. The Balaban J connectivity index is 2.04. The van der Waals surface area contributed by atoms with Crippen LogP contribution < -0.4 is 10.5 Å². The fourth-order valence-electron chi connectivity index (χ4n) is 1.83. The summed E-state index contributed by atoms with van der Waals surface area (Å²) in [4.78, 5) is 0. The molecule has 3 N–H and O–H groups in total.